The Labute approximate surface area is 132 Å². The summed E-state index contributed by atoms with van der Waals surface area (Å²) < 4.78 is 0. The van der Waals surface area contributed by atoms with Crippen molar-refractivity contribution in [1.29, 1.82) is 0 Å². The molecule has 1 aliphatic rings. The lowest BCUT2D eigenvalue weighted by Gasteiger charge is -2.28. The normalized spacial score (nSPS) is 15.1. The predicted molar refractivity (Wildman–Crippen MR) is 86.7 cm³/mol. The fraction of sp³-hybridized carbons (Fsp3) is 0.529. The fourth-order valence-electron chi connectivity index (χ4n) is 2.98. The van der Waals surface area contributed by atoms with Crippen LogP contribution in [0.3, 0.4) is 0 Å². The van der Waals surface area contributed by atoms with Crippen LogP contribution in [-0.2, 0) is 6.42 Å². The van der Waals surface area contributed by atoms with E-state index in [-0.39, 0.29) is 5.91 Å². The third-order valence-electron chi connectivity index (χ3n) is 3.95. The number of aryl methyl sites for hydroxylation is 1. The molecule has 0 N–H and O–H groups in total. The highest BCUT2D eigenvalue weighted by Gasteiger charge is 2.26. The number of nitrogens with zero attached hydrogens (tertiary/aromatic N) is 2. The van der Waals surface area contributed by atoms with Crippen LogP contribution in [0.25, 0.3) is 0 Å². The summed E-state index contributed by atoms with van der Waals surface area (Å²) in [6.45, 7) is 6.46. The quantitative estimate of drug-likeness (QED) is 0.581. The zero-order valence-corrected chi connectivity index (χ0v) is 13.4. The Hall–Kier alpha value is -1.35. The molecular formula is C17H23ClN2O. The lowest BCUT2D eigenvalue weighted by Crippen LogP contribution is -2.39. The zero-order chi connectivity index (χ0) is 15.2. The molecular weight excluding hydrogens is 284 g/mol. The fourth-order valence-corrected chi connectivity index (χ4v) is 3.20. The number of rotatable bonds is 6. The van der Waals surface area contributed by atoms with E-state index in [1.165, 1.54) is 12.8 Å². The van der Waals surface area contributed by atoms with Gasteiger partial charge in [-0.25, -0.2) is 4.98 Å². The van der Waals surface area contributed by atoms with Crippen LogP contribution >= 0.6 is 11.6 Å². The molecule has 21 heavy (non-hydrogen) atoms. The summed E-state index contributed by atoms with van der Waals surface area (Å²) in [4.78, 5) is 19.0. The second-order valence-electron chi connectivity index (χ2n) is 5.60. The minimum absolute atomic E-state index is 0.0449. The van der Waals surface area contributed by atoms with E-state index in [1.807, 2.05) is 11.0 Å². The molecule has 4 heteroatoms. The molecule has 0 bridgehead atoms. The maximum Gasteiger partial charge on any atom is 0.254 e. The molecule has 0 atom stereocenters. The van der Waals surface area contributed by atoms with Crippen molar-refractivity contribution in [2.24, 2.45) is 0 Å². The van der Waals surface area contributed by atoms with Gasteiger partial charge in [-0.2, -0.15) is 0 Å². The van der Waals surface area contributed by atoms with E-state index in [4.69, 9.17) is 11.6 Å². The average molecular weight is 307 g/mol. The molecule has 3 nitrogen and oxygen atoms in total. The van der Waals surface area contributed by atoms with Gasteiger partial charge in [-0.3, -0.25) is 4.79 Å². The van der Waals surface area contributed by atoms with Gasteiger partial charge in [0.2, 0.25) is 0 Å². The monoisotopic (exact) mass is 306 g/mol. The van der Waals surface area contributed by atoms with Crippen molar-refractivity contribution in [3.05, 3.63) is 41.2 Å². The van der Waals surface area contributed by atoms with E-state index in [2.05, 4.69) is 18.5 Å². The highest BCUT2D eigenvalue weighted by molar-refractivity contribution is 6.29. The lowest BCUT2D eigenvalue weighted by molar-refractivity contribution is 0.0706. The number of hydrogen-bond acceptors (Lipinski definition) is 2. The smallest absolute Gasteiger partial charge is 0.254 e. The minimum atomic E-state index is 0.0449. The van der Waals surface area contributed by atoms with Crippen LogP contribution in [0.15, 0.2) is 24.8 Å². The lowest BCUT2D eigenvalue weighted by atomic mass is 10.1. The number of pyridine rings is 1. The highest BCUT2D eigenvalue weighted by Crippen LogP contribution is 2.25. The van der Waals surface area contributed by atoms with Gasteiger partial charge in [0.25, 0.3) is 5.91 Å². The molecule has 1 aromatic heterocycles. The van der Waals surface area contributed by atoms with Gasteiger partial charge in [0.1, 0.15) is 5.15 Å². The van der Waals surface area contributed by atoms with Crippen molar-refractivity contribution >= 4 is 17.5 Å². The molecule has 1 aliphatic carbocycles. The first kappa shape index (κ1) is 16.0. The molecule has 1 aromatic rings. The molecule has 1 heterocycles. The second-order valence-corrected chi connectivity index (χ2v) is 5.99. The van der Waals surface area contributed by atoms with E-state index in [0.29, 0.717) is 23.3 Å². The number of amides is 1. The van der Waals surface area contributed by atoms with E-state index in [0.717, 1.165) is 31.4 Å². The maximum atomic E-state index is 12.8. The number of carbonyl (C=O) groups excluding carboxylic acids is 1. The van der Waals surface area contributed by atoms with E-state index in [1.54, 1.807) is 12.1 Å². The number of hydrogen-bond donors (Lipinski definition) is 0. The van der Waals surface area contributed by atoms with Crippen LogP contribution in [-0.4, -0.2) is 28.4 Å². The van der Waals surface area contributed by atoms with Gasteiger partial charge in [-0.15, -0.1) is 6.58 Å². The van der Waals surface area contributed by atoms with Crippen LogP contribution in [0.5, 0.6) is 0 Å². The average Bonchev–Trinajstić information content (AvgIpc) is 2.97. The number of carbonyl (C=O) groups is 1. The van der Waals surface area contributed by atoms with Crippen LogP contribution in [0, 0.1) is 0 Å². The van der Waals surface area contributed by atoms with Crippen LogP contribution in [0.1, 0.15) is 55.1 Å². The summed E-state index contributed by atoms with van der Waals surface area (Å²) in [5, 5.41) is 0.397. The van der Waals surface area contributed by atoms with Crippen molar-refractivity contribution in [3.8, 4) is 0 Å². The Morgan fingerprint density at radius 1 is 1.48 bits per heavy atom. The summed E-state index contributed by atoms with van der Waals surface area (Å²) in [6, 6.07) is 3.88. The Balaban J connectivity index is 2.24. The molecule has 0 unspecified atom stereocenters. The van der Waals surface area contributed by atoms with Crippen molar-refractivity contribution in [2.75, 3.05) is 6.54 Å². The van der Waals surface area contributed by atoms with Gasteiger partial charge < -0.3 is 4.90 Å². The van der Waals surface area contributed by atoms with Crippen molar-refractivity contribution < 1.29 is 4.79 Å². The molecule has 1 saturated carbocycles. The summed E-state index contributed by atoms with van der Waals surface area (Å²) in [5.41, 5.74) is 1.53. The van der Waals surface area contributed by atoms with Crippen molar-refractivity contribution in [2.45, 2.75) is 51.5 Å². The van der Waals surface area contributed by atoms with Gasteiger partial charge in [-0.05, 0) is 31.4 Å². The Morgan fingerprint density at radius 3 is 2.81 bits per heavy atom. The van der Waals surface area contributed by atoms with Gasteiger partial charge in [-0.1, -0.05) is 43.9 Å². The minimum Gasteiger partial charge on any atom is -0.332 e. The SMILES string of the molecule is C=CCN(C(=O)c1cc(Cl)nc(CCC)c1)C1CCCC1. The third kappa shape index (κ3) is 4.07. The number of halogens is 1. The summed E-state index contributed by atoms with van der Waals surface area (Å²) in [6.07, 6.45) is 8.19. The molecule has 0 spiro atoms. The Bertz CT molecular complexity index is 510. The number of aromatic nitrogens is 1. The molecule has 1 fully saturated rings. The van der Waals surface area contributed by atoms with Crippen LogP contribution in [0.4, 0.5) is 0 Å². The first-order chi connectivity index (χ1) is 10.2. The van der Waals surface area contributed by atoms with Crippen LogP contribution in [0.2, 0.25) is 5.15 Å². The van der Waals surface area contributed by atoms with E-state index >= 15 is 0 Å². The standard InChI is InChI=1S/C17H23ClN2O/c1-3-7-14-11-13(12-16(18)19-14)17(21)20(10-4-2)15-8-5-6-9-15/h4,11-12,15H,2-3,5-10H2,1H3. The maximum absolute atomic E-state index is 12.8. The van der Waals surface area contributed by atoms with Crippen molar-refractivity contribution in [3.63, 3.8) is 0 Å². The summed E-state index contributed by atoms with van der Waals surface area (Å²) >= 11 is 6.07. The highest BCUT2D eigenvalue weighted by atomic mass is 35.5. The molecule has 0 radical (unpaired) electrons. The first-order valence-corrected chi connectivity index (χ1v) is 8.11. The second kappa shape index (κ2) is 7.60. The van der Waals surface area contributed by atoms with Gasteiger partial charge >= 0.3 is 0 Å². The van der Waals surface area contributed by atoms with E-state index in [9.17, 15) is 4.79 Å². The van der Waals surface area contributed by atoms with E-state index < -0.39 is 0 Å². The molecule has 0 aromatic carbocycles. The van der Waals surface area contributed by atoms with Gasteiger partial charge in [0, 0.05) is 23.8 Å². The topological polar surface area (TPSA) is 33.2 Å². The predicted octanol–water partition coefficient (Wildman–Crippen LogP) is 4.26. The molecule has 1 amide bonds. The van der Waals surface area contributed by atoms with Gasteiger partial charge in [0.15, 0.2) is 0 Å². The summed E-state index contributed by atoms with van der Waals surface area (Å²) in [7, 11) is 0. The molecule has 114 valence electrons. The van der Waals surface area contributed by atoms with Crippen molar-refractivity contribution in [1.82, 2.24) is 9.88 Å². The zero-order valence-electron chi connectivity index (χ0n) is 12.6. The molecule has 0 aliphatic heterocycles. The largest absolute Gasteiger partial charge is 0.332 e. The molecule has 0 saturated heterocycles. The summed E-state index contributed by atoms with van der Waals surface area (Å²) in [5.74, 6) is 0.0449. The van der Waals surface area contributed by atoms with Crippen LogP contribution < -0.4 is 0 Å². The Morgan fingerprint density at radius 2 is 2.19 bits per heavy atom. The third-order valence-corrected chi connectivity index (χ3v) is 4.15. The Kier molecular flexibility index (Phi) is 5.80. The van der Waals surface area contributed by atoms with Gasteiger partial charge in [0.05, 0.1) is 0 Å². The first-order valence-electron chi connectivity index (χ1n) is 7.74. The molecule has 2 rings (SSSR count).